The van der Waals surface area contributed by atoms with Crippen LogP contribution in [-0.4, -0.2) is 16.1 Å². The maximum absolute atomic E-state index is 12.7. The van der Waals surface area contributed by atoms with Crippen molar-refractivity contribution in [3.63, 3.8) is 0 Å². The van der Waals surface area contributed by atoms with Crippen LogP contribution in [0, 0.1) is 0 Å². The van der Waals surface area contributed by atoms with Crippen LogP contribution < -0.4 is 10.1 Å². The van der Waals surface area contributed by atoms with Crippen LogP contribution in [0.25, 0.3) is 22.0 Å². The fourth-order valence-electron chi connectivity index (χ4n) is 3.45. The van der Waals surface area contributed by atoms with Crippen LogP contribution in [0.3, 0.4) is 0 Å². The van der Waals surface area contributed by atoms with Crippen LogP contribution in [0.5, 0.6) is 11.5 Å². The van der Waals surface area contributed by atoms with E-state index in [1.807, 2.05) is 66.7 Å². The highest BCUT2D eigenvalue weighted by molar-refractivity contribution is 6.04. The summed E-state index contributed by atoms with van der Waals surface area (Å²) in [6.07, 6.45) is 0. The average molecular weight is 405 g/mol. The number of hydrogen-bond acceptors (Lipinski definition) is 3. The lowest BCUT2D eigenvalue weighted by atomic mass is 10.0. The topological polar surface area (TPSA) is 67.0 Å². The molecule has 1 amide bonds. The van der Waals surface area contributed by atoms with E-state index < -0.39 is 0 Å². The number of para-hydroxylation sites is 1. The molecule has 4 aromatic carbocycles. The van der Waals surface area contributed by atoms with Crippen molar-refractivity contribution in [3.8, 4) is 22.8 Å². The van der Waals surface area contributed by atoms with Crippen LogP contribution in [-0.2, 0) is 0 Å². The average Bonchev–Trinajstić information content (AvgIpc) is 3.31. The first-order chi connectivity index (χ1) is 15.3. The summed E-state index contributed by atoms with van der Waals surface area (Å²) in [7, 11) is 0. The van der Waals surface area contributed by atoms with E-state index >= 15 is 0 Å². The number of carbonyl (C=O) groups excluding carboxylic acids is 1. The first-order valence-electron chi connectivity index (χ1n) is 9.94. The smallest absolute Gasteiger partial charge is 0.273 e. The zero-order valence-electron chi connectivity index (χ0n) is 16.6. The molecule has 0 aliphatic rings. The Morgan fingerprint density at radius 3 is 2.32 bits per heavy atom. The highest BCUT2D eigenvalue weighted by Gasteiger charge is 2.13. The molecule has 0 unspecified atom stereocenters. The Hall–Kier alpha value is -4.38. The van der Waals surface area contributed by atoms with Crippen molar-refractivity contribution in [1.82, 2.24) is 10.2 Å². The molecule has 0 bridgehead atoms. The second-order valence-electron chi connectivity index (χ2n) is 7.09. The molecule has 5 heteroatoms. The highest BCUT2D eigenvalue weighted by Crippen LogP contribution is 2.28. The van der Waals surface area contributed by atoms with Gasteiger partial charge in [-0.2, -0.15) is 5.10 Å². The van der Waals surface area contributed by atoms with Crippen molar-refractivity contribution < 1.29 is 9.53 Å². The van der Waals surface area contributed by atoms with E-state index in [-0.39, 0.29) is 5.91 Å². The van der Waals surface area contributed by atoms with Crippen molar-refractivity contribution in [2.45, 2.75) is 0 Å². The van der Waals surface area contributed by atoms with E-state index in [0.717, 1.165) is 27.8 Å². The summed E-state index contributed by atoms with van der Waals surface area (Å²) in [5.41, 5.74) is 2.78. The lowest BCUT2D eigenvalue weighted by Gasteiger charge is -2.07. The molecule has 2 N–H and O–H groups in total. The molecule has 1 heterocycles. The normalized spacial score (nSPS) is 10.7. The largest absolute Gasteiger partial charge is 0.457 e. The van der Waals surface area contributed by atoms with Crippen molar-refractivity contribution >= 4 is 22.4 Å². The molecule has 0 fully saturated rings. The Morgan fingerprint density at radius 1 is 0.774 bits per heavy atom. The molecule has 5 rings (SSSR count). The molecule has 0 aliphatic heterocycles. The molecular weight excluding hydrogens is 386 g/mol. The number of aromatic nitrogens is 2. The molecule has 0 saturated heterocycles. The molecule has 0 saturated carbocycles. The third kappa shape index (κ3) is 4.02. The Kier molecular flexibility index (Phi) is 4.91. The van der Waals surface area contributed by atoms with E-state index in [2.05, 4.69) is 33.7 Å². The minimum atomic E-state index is -0.254. The second kappa shape index (κ2) is 8.16. The van der Waals surface area contributed by atoms with Gasteiger partial charge in [0.15, 0.2) is 0 Å². The number of nitrogens with one attached hydrogen (secondary N) is 2. The Balaban J connectivity index is 1.31. The van der Waals surface area contributed by atoms with Gasteiger partial charge in [0.2, 0.25) is 0 Å². The maximum atomic E-state index is 12.7. The fourth-order valence-corrected chi connectivity index (χ4v) is 3.45. The number of ether oxygens (including phenoxy) is 1. The van der Waals surface area contributed by atoms with Crippen LogP contribution >= 0.6 is 0 Å². The minimum Gasteiger partial charge on any atom is -0.457 e. The van der Waals surface area contributed by atoms with Crippen LogP contribution in [0.1, 0.15) is 10.5 Å². The predicted molar refractivity (Wildman–Crippen MR) is 122 cm³/mol. The van der Waals surface area contributed by atoms with Crippen LogP contribution in [0.2, 0.25) is 0 Å². The van der Waals surface area contributed by atoms with Gasteiger partial charge in [0.1, 0.15) is 17.2 Å². The third-order valence-electron chi connectivity index (χ3n) is 4.98. The summed E-state index contributed by atoms with van der Waals surface area (Å²) in [5, 5.41) is 12.3. The van der Waals surface area contributed by atoms with Gasteiger partial charge in [0.25, 0.3) is 5.91 Å². The maximum Gasteiger partial charge on any atom is 0.273 e. The number of H-pyrrole nitrogens is 1. The molecule has 0 atom stereocenters. The minimum absolute atomic E-state index is 0.254. The molecule has 5 aromatic rings. The number of amides is 1. The molecular formula is C26H19N3O2. The standard InChI is InChI=1S/C26H19N3O2/c30-26(27-19-13-15-21(16-14-19)31-20-9-2-1-3-10-20)25-17-24(28-29-25)23-12-6-8-18-7-4-5-11-22(18)23/h1-17H,(H,27,30)(H,28,29). The van der Waals surface area contributed by atoms with Gasteiger partial charge < -0.3 is 10.1 Å². The number of rotatable bonds is 5. The van der Waals surface area contributed by atoms with Gasteiger partial charge in [-0.1, -0.05) is 60.7 Å². The molecule has 5 nitrogen and oxygen atoms in total. The zero-order valence-corrected chi connectivity index (χ0v) is 16.6. The van der Waals surface area contributed by atoms with Crippen LogP contribution in [0.15, 0.2) is 103 Å². The quantitative estimate of drug-likeness (QED) is 0.362. The lowest BCUT2D eigenvalue weighted by Crippen LogP contribution is -2.12. The highest BCUT2D eigenvalue weighted by atomic mass is 16.5. The number of hydrogen-bond donors (Lipinski definition) is 2. The van der Waals surface area contributed by atoms with E-state index in [1.54, 1.807) is 18.2 Å². The van der Waals surface area contributed by atoms with Gasteiger partial charge in [-0.3, -0.25) is 9.89 Å². The summed E-state index contributed by atoms with van der Waals surface area (Å²) in [4.78, 5) is 12.7. The van der Waals surface area contributed by atoms with E-state index in [0.29, 0.717) is 17.1 Å². The van der Waals surface area contributed by atoms with Crippen LogP contribution in [0.4, 0.5) is 5.69 Å². The summed E-state index contributed by atoms with van der Waals surface area (Å²) < 4.78 is 5.78. The monoisotopic (exact) mass is 405 g/mol. The van der Waals surface area contributed by atoms with E-state index in [9.17, 15) is 4.79 Å². The van der Waals surface area contributed by atoms with E-state index in [1.165, 1.54) is 0 Å². The zero-order chi connectivity index (χ0) is 21.0. The lowest BCUT2D eigenvalue weighted by molar-refractivity contribution is 0.102. The van der Waals surface area contributed by atoms with Gasteiger partial charge in [-0.15, -0.1) is 0 Å². The van der Waals surface area contributed by atoms with E-state index in [4.69, 9.17) is 4.74 Å². The predicted octanol–water partition coefficient (Wildman–Crippen LogP) is 6.27. The van der Waals surface area contributed by atoms with Crippen molar-refractivity contribution in [2.75, 3.05) is 5.32 Å². The van der Waals surface area contributed by atoms with Gasteiger partial charge in [0, 0.05) is 11.3 Å². The number of nitrogens with zero attached hydrogens (tertiary/aromatic N) is 1. The number of benzene rings is 4. The molecule has 1 aromatic heterocycles. The first-order valence-corrected chi connectivity index (χ1v) is 9.94. The molecule has 0 aliphatic carbocycles. The molecule has 31 heavy (non-hydrogen) atoms. The Labute approximate surface area is 179 Å². The SMILES string of the molecule is O=C(Nc1ccc(Oc2ccccc2)cc1)c1cc(-c2cccc3ccccc23)n[nH]1. The first kappa shape index (κ1) is 18.6. The number of fused-ring (bicyclic) bond motifs is 1. The van der Waals surface area contributed by atoms with Crippen molar-refractivity contribution in [3.05, 3.63) is 109 Å². The number of carbonyl (C=O) groups is 1. The van der Waals surface area contributed by atoms with Gasteiger partial charge >= 0.3 is 0 Å². The molecule has 150 valence electrons. The van der Waals surface area contributed by atoms with Gasteiger partial charge in [-0.25, -0.2) is 0 Å². The number of aromatic amines is 1. The van der Waals surface area contributed by atoms with Crippen molar-refractivity contribution in [2.24, 2.45) is 0 Å². The third-order valence-corrected chi connectivity index (χ3v) is 4.98. The van der Waals surface area contributed by atoms with Crippen molar-refractivity contribution in [1.29, 1.82) is 0 Å². The van der Waals surface area contributed by atoms with Gasteiger partial charge in [-0.05, 0) is 53.2 Å². The second-order valence-corrected chi connectivity index (χ2v) is 7.09. The van der Waals surface area contributed by atoms with Gasteiger partial charge in [0.05, 0.1) is 5.69 Å². The summed E-state index contributed by atoms with van der Waals surface area (Å²) >= 11 is 0. The number of anilines is 1. The summed E-state index contributed by atoms with van der Waals surface area (Å²) in [6.45, 7) is 0. The Bertz CT molecular complexity index is 1340. The molecule has 0 radical (unpaired) electrons. The fraction of sp³-hybridized carbons (Fsp3) is 0. The summed E-state index contributed by atoms with van der Waals surface area (Å²) in [5.74, 6) is 1.21. The Morgan fingerprint density at radius 2 is 1.48 bits per heavy atom. The molecule has 0 spiro atoms. The summed E-state index contributed by atoms with van der Waals surface area (Å²) in [6, 6.07) is 32.7.